The van der Waals surface area contributed by atoms with E-state index in [9.17, 15) is 13.5 Å². The van der Waals surface area contributed by atoms with Crippen molar-refractivity contribution in [3.63, 3.8) is 0 Å². The second-order valence-corrected chi connectivity index (χ2v) is 26.3. The number of rotatable bonds is 10. The van der Waals surface area contributed by atoms with Crippen LogP contribution in [0.5, 0.6) is 11.5 Å². The van der Waals surface area contributed by atoms with Gasteiger partial charge < -0.3 is 29.7 Å². The Labute approximate surface area is 499 Å². The molecule has 2 N–H and O–H groups in total. The first-order valence-electron chi connectivity index (χ1n) is 25.9. The molecule has 11 nitrogen and oxygen atoms in total. The Balaban J connectivity index is 0.000000154. The number of nitrogens with zero attached hydrogens (tertiary/aromatic N) is 4. The van der Waals surface area contributed by atoms with E-state index in [1.165, 1.54) is 57.6 Å². The molecule has 3 atom stereocenters. The van der Waals surface area contributed by atoms with E-state index in [1.54, 1.807) is 14.2 Å². The average Bonchev–Trinajstić information content (AvgIpc) is 3.69. The third-order valence-corrected chi connectivity index (χ3v) is 17.9. The molecule has 0 spiro atoms. The van der Waals surface area contributed by atoms with Gasteiger partial charge in [0.15, 0.2) is 0 Å². The van der Waals surface area contributed by atoms with Gasteiger partial charge in [0, 0.05) is 90.1 Å². The van der Waals surface area contributed by atoms with Crippen molar-refractivity contribution in [3.05, 3.63) is 181 Å². The fourth-order valence-corrected chi connectivity index (χ4v) is 14.0. The van der Waals surface area contributed by atoms with E-state index >= 15 is 0 Å². The molecule has 4 aliphatic rings. The zero-order valence-corrected chi connectivity index (χ0v) is 53.1. The minimum atomic E-state index is -3.26. The largest absolute Gasteiger partial charge is 0.497 e. The van der Waals surface area contributed by atoms with Gasteiger partial charge in [-0.3, -0.25) is 14.2 Å². The van der Waals surface area contributed by atoms with Gasteiger partial charge in [0.1, 0.15) is 11.5 Å². The van der Waals surface area contributed by atoms with Crippen LogP contribution in [0.3, 0.4) is 0 Å². The highest BCUT2D eigenvalue weighted by atomic mass is 79.9. The van der Waals surface area contributed by atoms with Gasteiger partial charge >= 0.3 is 0 Å². The molecular weight excluding hydrogens is 1300 g/mol. The molecule has 77 heavy (non-hydrogen) atoms. The third kappa shape index (κ3) is 18.0. The lowest BCUT2D eigenvalue weighted by atomic mass is 9.76. The minimum Gasteiger partial charge on any atom is -0.497 e. The van der Waals surface area contributed by atoms with E-state index in [4.69, 9.17) is 41.8 Å². The van der Waals surface area contributed by atoms with Crippen LogP contribution in [-0.4, -0.2) is 106 Å². The summed E-state index contributed by atoms with van der Waals surface area (Å²) in [5, 5.41) is 15.3. The summed E-state index contributed by atoms with van der Waals surface area (Å²) in [6.45, 7) is 6.75. The second kappa shape index (κ2) is 29.1. The lowest BCUT2D eigenvalue weighted by Crippen LogP contribution is -2.35. The Morgan fingerprint density at radius 1 is 0.714 bits per heavy atom. The van der Waals surface area contributed by atoms with Crippen molar-refractivity contribution in [1.82, 2.24) is 25.1 Å². The van der Waals surface area contributed by atoms with Crippen molar-refractivity contribution in [3.8, 4) is 11.5 Å². The number of pyridine rings is 2. The summed E-state index contributed by atoms with van der Waals surface area (Å²) < 4.78 is 41.2. The Morgan fingerprint density at radius 2 is 1.26 bits per heavy atom. The van der Waals surface area contributed by atoms with Crippen molar-refractivity contribution in [1.29, 1.82) is 0 Å². The summed E-state index contributed by atoms with van der Waals surface area (Å²) in [6.07, 6.45) is 13.3. The zero-order chi connectivity index (χ0) is 55.4. The summed E-state index contributed by atoms with van der Waals surface area (Å²) in [7, 11) is 4.25. The fourth-order valence-electron chi connectivity index (χ4n) is 10.4. The van der Waals surface area contributed by atoms with Crippen LogP contribution < -0.4 is 14.8 Å². The highest BCUT2D eigenvalue weighted by molar-refractivity contribution is 9.11. The quantitative estimate of drug-likeness (QED) is 0.127. The Morgan fingerprint density at radius 3 is 1.88 bits per heavy atom. The first-order valence-corrected chi connectivity index (χ1v) is 31.7. The van der Waals surface area contributed by atoms with Gasteiger partial charge in [-0.25, -0.2) is 0 Å². The number of nitrogens with one attached hydrogen (secondary N) is 1. The van der Waals surface area contributed by atoms with E-state index in [2.05, 4.69) is 115 Å². The van der Waals surface area contributed by atoms with Crippen LogP contribution in [0.2, 0.25) is 10.0 Å². The molecule has 6 aromatic rings. The van der Waals surface area contributed by atoms with Gasteiger partial charge in [0.25, 0.3) is 10.1 Å². The second-order valence-electron chi connectivity index (χ2n) is 20.3. The van der Waals surface area contributed by atoms with Crippen LogP contribution in [0.15, 0.2) is 115 Å². The lowest BCUT2D eigenvalue weighted by Gasteiger charge is -2.35. The van der Waals surface area contributed by atoms with Gasteiger partial charge in [-0.2, -0.15) is 8.42 Å². The van der Waals surface area contributed by atoms with E-state index < -0.39 is 16.2 Å². The summed E-state index contributed by atoms with van der Waals surface area (Å²) in [5.41, 5.74) is 12.5. The summed E-state index contributed by atoms with van der Waals surface area (Å²) in [5.74, 6) is 2.48. The number of methoxy groups -OCH3 is 2. The smallest absolute Gasteiger partial charge is 0.264 e. The average molecular weight is 1370 g/mol. The number of halogens is 6. The maximum Gasteiger partial charge on any atom is 0.264 e. The van der Waals surface area contributed by atoms with E-state index in [0.29, 0.717) is 18.4 Å². The number of hydrogen-bond donors (Lipinski definition) is 2. The van der Waals surface area contributed by atoms with Gasteiger partial charge in [-0.15, -0.1) is 0 Å². The molecule has 0 saturated carbocycles. The highest BCUT2D eigenvalue weighted by Crippen LogP contribution is 2.46. The number of ether oxygens (including phenoxy) is 2. The number of piperidine rings is 2. The van der Waals surface area contributed by atoms with Crippen molar-refractivity contribution >= 4 is 97.0 Å². The number of aliphatic hydroxyl groups is 1. The molecule has 0 radical (unpaired) electrons. The molecule has 2 saturated heterocycles. The van der Waals surface area contributed by atoms with Gasteiger partial charge in [-0.05, 0) is 216 Å². The molecule has 18 heteroatoms. The van der Waals surface area contributed by atoms with Crippen molar-refractivity contribution in [2.45, 2.75) is 95.4 Å². The maximum atomic E-state index is 10.7. The van der Waals surface area contributed by atoms with Crippen molar-refractivity contribution in [2.24, 2.45) is 5.92 Å². The molecule has 0 amide bonds. The Hall–Kier alpha value is -2.97. The number of likely N-dealkylation sites (tertiary alicyclic amines) is 2. The van der Waals surface area contributed by atoms with Crippen LogP contribution in [0, 0.1) is 5.92 Å². The normalized spacial score (nSPS) is 17.6. The first kappa shape index (κ1) is 61.6. The number of hydrogen-bond acceptors (Lipinski definition) is 11. The highest BCUT2D eigenvalue weighted by Gasteiger charge is 2.35. The summed E-state index contributed by atoms with van der Waals surface area (Å²) in [4.78, 5) is 14.0. The third-order valence-electron chi connectivity index (χ3n) is 14.6. The van der Waals surface area contributed by atoms with Gasteiger partial charge in [0.05, 0.1) is 38.4 Å². The van der Waals surface area contributed by atoms with E-state index in [1.807, 2.05) is 87.0 Å². The number of aryl methyl sites for hydroxylation is 4. The topological polar surface area (TPSA) is 126 Å². The van der Waals surface area contributed by atoms with Crippen LogP contribution in [0.4, 0.5) is 0 Å². The Kier molecular flexibility index (Phi) is 23.3. The molecule has 2 aliphatic heterocycles. The predicted octanol–water partition coefficient (Wildman–Crippen LogP) is 13.8. The molecule has 2 aromatic heterocycles. The molecule has 4 heterocycles. The molecule has 414 valence electrons. The van der Waals surface area contributed by atoms with E-state index in [-0.39, 0.29) is 12.1 Å². The van der Waals surface area contributed by atoms with Crippen LogP contribution in [0.1, 0.15) is 101 Å². The van der Waals surface area contributed by atoms with Gasteiger partial charge in [0.2, 0.25) is 0 Å². The Bertz CT molecular complexity index is 3020. The minimum absolute atomic E-state index is 0.0698. The van der Waals surface area contributed by atoms with Crippen LogP contribution in [-0.2, 0) is 53.0 Å². The first-order chi connectivity index (χ1) is 36.8. The summed E-state index contributed by atoms with van der Waals surface area (Å²) >= 11 is 27.0. The number of aliphatic hydroxyl groups excluding tert-OH is 1. The number of benzene rings is 4. The monoisotopic (exact) mass is 1360 g/mol. The zero-order valence-electron chi connectivity index (χ0n) is 44.5. The molecule has 4 aromatic carbocycles. The van der Waals surface area contributed by atoms with Gasteiger partial charge in [-0.1, -0.05) is 85.4 Å². The summed E-state index contributed by atoms with van der Waals surface area (Å²) in [6, 6.07) is 28.0. The molecule has 2 unspecified atom stereocenters. The SMILES string of the molecule is CN1CCC(OS(C)(=O)=O)CC1.CN1CCC([C@H]2c3ncc(Br)cc3CCc3cc(Cl)cc(Br)c32)CC1.COc1cc(CNC(C)C(O)c2ccccc2)cc(OC)c1.Clc1cc(Br)c2c(c1)CCc1cc(Br)cnc1C2. The number of fused-ring (bicyclic) bond motifs is 4. The van der Waals surface area contributed by atoms with Crippen LogP contribution >= 0.6 is 86.9 Å². The van der Waals surface area contributed by atoms with Crippen LogP contribution in [0.25, 0.3) is 0 Å². The molecule has 10 rings (SSSR count). The lowest BCUT2D eigenvalue weighted by molar-refractivity contribution is 0.121. The molecule has 2 fully saturated rings. The van der Waals surface area contributed by atoms with E-state index in [0.717, 1.165) is 128 Å². The van der Waals surface area contributed by atoms with Crippen molar-refractivity contribution < 1.29 is 27.2 Å². The predicted molar refractivity (Wildman–Crippen MR) is 326 cm³/mol. The molecule has 2 aliphatic carbocycles. The molecular formula is C59H69Br4Cl2N5O6S. The fraction of sp³-hybridized carbons (Fsp3) is 0.424. The standard InChI is InChI=1S/C20H21Br2ClN2.C18H23NO3.C14H10Br2ClN.C7H15NO3S/c1-25-6-4-12(5-7-25)19-18-13(9-16(23)10-17(18)22)2-3-14-8-15(21)11-24-20(14)19;1-13(18(20)15-7-5-4-6-8-15)19-12-14-9-16(21-2)11-17(10-14)22-3;15-10-3-9-2-1-8-4-11(17)5-13(16)12(8)6-14(9)18-7-10;1-8-5-3-7(4-6-8)11-12(2,9)10/h8-12,19H,2-7H2,1H3;4-11,13,18-20H,12H2,1-3H3;3-5,7H,1-2,6H2;7H,3-6H2,1-2H3/t19-;;;/m1.../s1. The van der Waals surface area contributed by atoms with Crippen molar-refractivity contribution in [2.75, 3.05) is 60.7 Å². The maximum absolute atomic E-state index is 10.7. The molecule has 0 bridgehead atoms. The number of aromatic nitrogens is 2.